The summed E-state index contributed by atoms with van der Waals surface area (Å²) in [6.07, 6.45) is 6.28. The molecule has 4 bridgehead atoms. The summed E-state index contributed by atoms with van der Waals surface area (Å²) >= 11 is 8.38. The summed E-state index contributed by atoms with van der Waals surface area (Å²) in [7, 11) is 0. The number of carbonyl (C=O) groups is 1. The van der Waals surface area contributed by atoms with Gasteiger partial charge in [0.15, 0.2) is 5.13 Å². The van der Waals surface area contributed by atoms with Crippen LogP contribution in [0.4, 0.5) is 5.13 Å². The van der Waals surface area contributed by atoms with Crippen molar-refractivity contribution in [3.05, 3.63) is 35.2 Å². The number of halogens is 1. The van der Waals surface area contributed by atoms with Crippen molar-refractivity contribution in [2.45, 2.75) is 50.3 Å². The van der Waals surface area contributed by atoms with Gasteiger partial charge in [-0.25, -0.2) is 4.98 Å². The smallest absolute Gasteiger partial charge is 0.232 e. The molecule has 0 unspecified atom stereocenters. The SMILES string of the molecule is Cc1ccc(-c2csc(NC(=O)C34C[C@@H]5C[C@H](CC(Cl)(C5)C3)C4)n2)cc1. The minimum atomic E-state index is -0.276. The summed E-state index contributed by atoms with van der Waals surface area (Å²) in [6, 6.07) is 8.32. The zero-order chi connectivity index (χ0) is 17.9. The molecular weight excluding hydrogens is 364 g/mol. The second-order valence-corrected chi connectivity index (χ2v) is 10.4. The van der Waals surface area contributed by atoms with Gasteiger partial charge in [-0.1, -0.05) is 29.8 Å². The number of hydrogen-bond donors (Lipinski definition) is 1. The number of amides is 1. The van der Waals surface area contributed by atoms with Crippen molar-refractivity contribution in [1.29, 1.82) is 0 Å². The number of rotatable bonds is 3. The minimum Gasteiger partial charge on any atom is -0.301 e. The first-order valence-corrected chi connectivity index (χ1v) is 10.7. The van der Waals surface area contributed by atoms with Crippen molar-refractivity contribution in [3.8, 4) is 11.3 Å². The highest BCUT2D eigenvalue weighted by Crippen LogP contribution is 2.64. The number of anilines is 1. The second kappa shape index (κ2) is 5.80. The molecular formula is C21H23ClN2OS. The van der Waals surface area contributed by atoms with Crippen LogP contribution in [0.1, 0.15) is 44.1 Å². The number of thiazole rings is 1. The van der Waals surface area contributed by atoms with Gasteiger partial charge in [-0.2, -0.15) is 0 Å². The van der Waals surface area contributed by atoms with Gasteiger partial charge in [-0.15, -0.1) is 22.9 Å². The molecule has 5 heteroatoms. The Bertz CT molecular complexity index is 845. The van der Waals surface area contributed by atoms with Gasteiger partial charge in [0.1, 0.15) is 0 Å². The molecule has 26 heavy (non-hydrogen) atoms. The number of benzene rings is 1. The van der Waals surface area contributed by atoms with Gasteiger partial charge in [0, 0.05) is 15.8 Å². The molecule has 1 aromatic heterocycles. The van der Waals surface area contributed by atoms with E-state index in [0.717, 1.165) is 43.4 Å². The Morgan fingerprint density at radius 1 is 1.19 bits per heavy atom. The van der Waals surface area contributed by atoms with Gasteiger partial charge in [0.05, 0.1) is 11.1 Å². The van der Waals surface area contributed by atoms with E-state index in [1.54, 1.807) is 0 Å². The first-order chi connectivity index (χ1) is 12.4. The molecule has 1 heterocycles. The predicted molar refractivity (Wildman–Crippen MR) is 107 cm³/mol. The Morgan fingerprint density at radius 2 is 1.88 bits per heavy atom. The van der Waals surface area contributed by atoms with E-state index in [0.29, 0.717) is 17.0 Å². The Morgan fingerprint density at radius 3 is 2.54 bits per heavy atom. The third kappa shape index (κ3) is 2.78. The Balaban J connectivity index is 1.36. The fourth-order valence-corrected chi connectivity index (χ4v) is 7.24. The van der Waals surface area contributed by atoms with Gasteiger partial charge in [0.25, 0.3) is 0 Å². The molecule has 136 valence electrons. The summed E-state index contributed by atoms with van der Waals surface area (Å²) < 4.78 is 0. The van der Waals surface area contributed by atoms with E-state index in [1.165, 1.54) is 23.3 Å². The van der Waals surface area contributed by atoms with E-state index in [9.17, 15) is 4.79 Å². The first kappa shape index (κ1) is 16.8. The van der Waals surface area contributed by atoms with E-state index < -0.39 is 0 Å². The van der Waals surface area contributed by atoms with Crippen LogP contribution in [0.3, 0.4) is 0 Å². The molecule has 4 aliphatic carbocycles. The van der Waals surface area contributed by atoms with E-state index in [4.69, 9.17) is 11.6 Å². The summed E-state index contributed by atoms with van der Waals surface area (Å²) in [5.41, 5.74) is 2.96. The zero-order valence-electron chi connectivity index (χ0n) is 14.9. The Labute approximate surface area is 163 Å². The Hall–Kier alpha value is -1.39. The van der Waals surface area contributed by atoms with Crippen LogP contribution in [0, 0.1) is 24.2 Å². The highest BCUT2D eigenvalue weighted by Gasteiger charge is 2.60. The molecule has 0 saturated heterocycles. The number of carbonyl (C=O) groups excluding carboxylic acids is 1. The van der Waals surface area contributed by atoms with Crippen molar-refractivity contribution in [3.63, 3.8) is 0 Å². The number of nitrogens with one attached hydrogen (secondary N) is 1. The average Bonchev–Trinajstić information content (AvgIpc) is 3.01. The number of alkyl halides is 1. The van der Waals surface area contributed by atoms with Crippen molar-refractivity contribution < 1.29 is 4.79 Å². The quantitative estimate of drug-likeness (QED) is 0.694. The van der Waals surface area contributed by atoms with Crippen molar-refractivity contribution in [2.24, 2.45) is 17.3 Å². The molecule has 1 aromatic carbocycles. The fourth-order valence-electron chi connectivity index (χ4n) is 5.83. The van der Waals surface area contributed by atoms with Gasteiger partial charge in [0.2, 0.25) is 5.91 Å². The van der Waals surface area contributed by atoms with E-state index in [2.05, 4.69) is 41.5 Å². The highest BCUT2D eigenvalue weighted by molar-refractivity contribution is 7.14. The van der Waals surface area contributed by atoms with Crippen LogP contribution >= 0.6 is 22.9 Å². The predicted octanol–water partition coefficient (Wildman–Crippen LogP) is 5.63. The molecule has 2 atom stereocenters. The Kier molecular flexibility index (Phi) is 3.74. The maximum Gasteiger partial charge on any atom is 0.232 e. The molecule has 6 rings (SSSR count). The number of hydrogen-bond acceptors (Lipinski definition) is 3. The fraction of sp³-hybridized carbons (Fsp3) is 0.524. The van der Waals surface area contributed by atoms with Crippen molar-refractivity contribution in [1.82, 2.24) is 4.98 Å². The molecule has 0 spiro atoms. The molecule has 1 N–H and O–H groups in total. The largest absolute Gasteiger partial charge is 0.301 e. The lowest BCUT2D eigenvalue weighted by Crippen LogP contribution is -2.57. The minimum absolute atomic E-state index is 0.140. The molecule has 0 radical (unpaired) electrons. The van der Waals surface area contributed by atoms with Crippen molar-refractivity contribution in [2.75, 3.05) is 5.32 Å². The van der Waals surface area contributed by atoms with Gasteiger partial charge < -0.3 is 5.32 Å². The van der Waals surface area contributed by atoms with Crippen LogP contribution < -0.4 is 5.32 Å². The summed E-state index contributed by atoms with van der Waals surface area (Å²) in [5, 5.41) is 5.84. The van der Waals surface area contributed by atoms with Crippen LogP contribution in [0.25, 0.3) is 11.3 Å². The van der Waals surface area contributed by atoms with Crippen LogP contribution in [0.2, 0.25) is 0 Å². The third-order valence-electron chi connectivity index (χ3n) is 6.54. The van der Waals surface area contributed by atoms with Gasteiger partial charge >= 0.3 is 0 Å². The molecule has 4 saturated carbocycles. The van der Waals surface area contributed by atoms with Crippen LogP contribution in [0.15, 0.2) is 29.6 Å². The zero-order valence-corrected chi connectivity index (χ0v) is 16.5. The van der Waals surface area contributed by atoms with Gasteiger partial charge in [-0.05, 0) is 57.3 Å². The maximum absolute atomic E-state index is 13.2. The lowest BCUT2D eigenvalue weighted by atomic mass is 9.49. The van der Waals surface area contributed by atoms with Crippen LogP contribution in [-0.2, 0) is 4.79 Å². The standard InChI is InChI=1S/C21H23ClN2OS/c1-13-2-4-16(5-3-13)17-11-26-19(23-17)24-18(25)20-7-14-6-15(8-20)10-21(22,9-14)12-20/h2-5,11,14-15H,6-10,12H2,1H3,(H,23,24,25)/t14-,15-,20?,21?/m0/s1. The first-order valence-electron chi connectivity index (χ1n) is 9.46. The monoisotopic (exact) mass is 386 g/mol. The van der Waals surface area contributed by atoms with E-state index in [-0.39, 0.29) is 16.2 Å². The van der Waals surface area contributed by atoms with E-state index in [1.807, 2.05) is 5.38 Å². The lowest BCUT2D eigenvalue weighted by Gasteiger charge is -2.59. The summed E-state index contributed by atoms with van der Waals surface area (Å²) in [4.78, 5) is 17.7. The van der Waals surface area contributed by atoms with Crippen molar-refractivity contribution >= 4 is 34.0 Å². The number of aromatic nitrogens is 1. The molecule has 0 aliphatic heterocycles. The maximum atomic E-state index is 13.2. The lowest BCUT2D eigenvalue weighted by molar-refractivity contribution is -0.138. The number of nitrogens with zero attached hydrogens (tertiary/aromatic N) is 1. The molecule has 3 nitrogen and oxygen atoms in total. The highest BCUT2D eigenvalue weighted by atomic mass is 35.5. The summed E-state index contributed by atoms with van der Waals surface area (Å²) in [5.74, 6) is 1.39. The van der Waals surface area contributed by atoms with Crippen LogP contribution in [-0.4, -0.2) is 15.8 Å². The third-order valence-corrected chi connectivity index (χ3v) is 7.74. The molecule has 1 amide bonds. The van der Waals surface area contributed by atoms with Gasteiger partial charge in [-0.3, -0.25) is 4.79 Å². The summed E-state index contributed by atoms with van der Waals surface area (Å²) in [6.45, 7) is 2.07. The number of aryl methyl sites for hydroxylation is 1. The normalized spacial score (nSPS) is 34.8. The van der Waals surface area contributed by atoms with Crippen LogP contribution in [0.5, 0.6) is 0 Å². The van der Waals surface area contributed by atoms with E-state index >= 15 is 0 Å². The topological polar surface area (TPSA) is 42.0 Å². The molecule has 2 aromatic rings. The molecule has 4 fully saturated rings. The molecule has 4 aliphatic rings. The second-order valence-electron chi connectivity index (χ2n) is 8.75. The average molecular weight is 387 g/mol.